The highest BCUT2D eigenvalue weighted by molar-refractivity contribution is 5.30. The first-order chi connectivity index (χ1) is 15.1. The molecule has 2 heterocycles. The van der Waals surface area contributed by atoms with E-state index >= 15 is 0 Å². The Morgan fingerprint density at radius 2 is 0.806 bits per heavy atom. The van der Waals surface area contributed by atoms with Gasteiger partial charge < -0.3 is 0 Å². The number of hydrogen-bond acceptors (Lipinski definition) is 4. The molecule has 0 aliphatic heterocycles. The molecule has 0 radical (unpaired) electrons. The van der Waals surface area contributed by atoms with E-state index in [4.69, 9.17) is 0 Å². The molecule has 2 aromatic heterocycles. The fourth-order valence-corrected chi connectivity index (χ4v) is 3.50. The molecule has 0 aliphatic rings. The molecule has 156 valence electrons. The summed E-state index contributed by atoms with van der Waals surface area (Å²) in [6.07, 6.45) is 0.354. The van der Waals surface area contributed by atoms with Crippen LogP contribution in [0, 0.1) is 0 Å². The van der Waals surface area contributed by atoms with E-state index < -0.39 is 0 Å². The molecule has 0 spiro atoms. The van der Waals surface area contributed by atoms with Crippen molar-refractivity contribution in [2.75, 3.05) is 0 Å². The van der Waals surface area contributed by atoms with Crippen molar-refractivity contribution in [3.8, 4) is 11.4 Å². The van der Waals surface area contributed by atoms with Crippen LogP contribution in [-0.4, -0.2) is 18.7 Å². The van der Waals surface area contributed by atoms with Gasteiger partial charge in [-0.15, -0.1) is 0 Å². The Labute approximate surface area is 176 Å². The molecule has 8 nitrogen and oxygen atoms in total. The average molecular weight is 416 g/mol. The molecule has 0 N–H and O–H groups in total. The predicted octanol–water partition coefficient (Wildman–Crippen LogP) is 1.40. The Hall–Kier alpha value is -4.20. The van der Waals surface area contributed by atoms with Crippen LogP contribution < -0.4 is 22.2 Å². The molecular formula is C23H20N4O4. The van der Waals surface area contributed by atoms with Crippen LogP contribution in [0.15, 0.2) is 104 Å². The van der Waals surface area contributed by atoms with Crippen molar-refractivity contribution < 1.29 is 0 Å². The molecular weight excluding hydrogens is 396 g/mol. The maximum atomic E-state index is 12.5. The number of para-hydroxylation sites is 2. The van der Waals surface area contributed by atoms with Gasteiger partial charge in [0.25, 0.3) is 22.2 Å². The highest BCUT2D eigenvalue weighted by Gasteiger charge is 2.10. The van der Waals surface area contributed by atoms with Crippen LogP contribution in [0.1, 0.15) is 6.42 Å². The van der Waals surface area contributed by atoms with Gasteiger partial charge in [0.1, 0.15) is 0 Å². The Bertz CT molecular complexity index is 1320. The summed E-state index contributed by atoms with van der Waals surface area (Å²) < 4.78 is 5.33. The van der Waals surface area contributed by atoms with Gasteiger partial charge in [0.2, 0.25) is 0 Å². The van der Waals surface area contributed by atoms with E-state index in [9.17, 15) is 19.2 Å². The molecule has 4 aromatic rings. The summed E-state index contributed by atoms with van der Waals surface area (Å²) in [4.78, 5) is 49.9. The third kappa shape index (κ3) is 4.09. The Balaban J connectivity index is 1.68. The van der Waals surface area contributed by atoms with Crippen molar-refractivity contribution in [2.24, 2.45) is 0 Å². The lowest BCUT2D eigenvalue weighted by molar-refractivity contribution is 0.420. The molecule has 0 fully saturated rings. The molecule has 0 bridgehead atoms. The Kier molecular flexibility index (Phi) is 5.61. The zero-order valence-corrected chi connectivity index (χ0v) is 16.6. The van der Waals surface area contributed by atoms with Crippen LogP contribution >= 0.6 is 0 Å². The smallest absolute Gasteiger partial charge is 0.268 e. The molecule has 8 heteroatoms. The largest absolute Gasteiger partial charge is 0.270 e. The Morgan fingerprint density at radius 3 is 1.19 bits per heavy atom. The van der Waals surface area contributed by atoms with E-state index in [0.29, 0.717) is 17.8 Å². The van der Waals surface area contributed by atoms with Gasteiger partial charge in [-0.25, -0.2) is 18.7 Å². The first kappa shape index (κ1) is 20.1. The third-order valence-corrected chi connectivity index (χ3v) is 4.89. The first-order valence-electron chi connectivity index (χ1n) is 9.83. The lowest BCUT2D eigenvalue weighted by Gasteiger charge is -2.17. The highest BCUT2D eigenvalue weighted by atomic mass is 16.2. The number of aromatic nitrogens is 4. The van der Waals surface area contributed by atoms with Crippen LogP contribution in [0.4, 0.5) is 0 Å². The van der Waals surface area contributed by atoms with Gasteiger partial charge in [-0.1, -0.05) is 36.4 Å². The summed E-state index contributed by atoms with van der Waals surface area (Å²) in [5.74, 6) is 0. The number of rotatable bonds is 6. The van der Waals surface area contributed by atoms with Crippen LogP contribution in [0.5, 0.6) is 0 Å². The summed E-state index contributed by atoms with van der Waals surface area (Å²) in [6, 6.07) is 22.7. The maximum Gasteiger partial charge on any atom is 0.270 e. The maximum absolute atomic E-state index is 12.5. The van der Waals surface area contributed by atoms with Crippen molar-refractivity contribution >= 4 is 0 Å². The summed E-state index contributed by atoms with van der Waals surface area (Å²) >= 11 is 0. The summed E-state index contributed by atoms with van der Waals surface area (Å²) in [5, 5.41) is 0. The summed E-state index contributed by atoms with van der Waals surface area (Å²) in [6.45, 7) is 0.377. The second-order valence-electron chi connectivity index (χ2n) is 6.91. The normalized spacial score (nSPS) is 10.8. The molecule has 31 heavy (non-hydrogen) atoms. The third-order valence-electron chi connectivity index (χ3n) is 4.89. The molecule has 2 aromatic carbocycles. The van der Waals surface area contributed by atoms with Crippen LogP contribution in [0.3, 0.4) is 0 Å². The average Bonchev–Trinajstić information content (AvgIpc) is 2.79. The van der Waals surface area contributed by atoms with E-state index in [2.05, 4.69) is 0 Å². The highest BCUT2D eigenvalue weighted by Crippen LogP contribution is 2.05. The van der Waals surface area contributed by atoms with Crippen LogP contribution in [-0.2, 0) is 13.1 Å². The standard InChI is InChI=1S/C23H20N4O4/c28-20-12-14-22(30)26(18-8-3-1-4-9-18)24(20)16-7-17-25-21(29)13-15-23(31)27(25)19-10-5-2-6-11-19/h1-6,8-15H,7,16-17H2. The zero-order valence-electron chi connectivity index (χ0n) is 16.6. The molecule has 0 amide bonds. The molecule has 0 aliphatic carbocycles. The van der Waals surface area contributed by atoms with Gasteiger partial charge in [0.05, 0.1) is 11.4 Å². The van der Waals surface area contributed by atoms with E-state index in [-0.39, 0.29) is 35.3 Å². The fourth-order valence-electron chi connectivity index (χ4n) is 3.50. The number of nitrogens with zero attached hydrogens (tertiary/aromatic N) is 4. The molecule has 4 rings (SSSR count). The second kappa shape index (κ2) is 8.66. The van der Waals surface area contributed by atoms with E-state index in [1.165, 1.54) is 43.0 Å². The molecule has 0 unspecified atom stereocenters. The molecule has 0 saturated heterocycles. The van der Waals surface area contributed by atoms with Crippen molar-refractivity contribution in [1.29, 1.82) is 0 Å². The van der Waals surface area contributed by atoms with Gasteiger partial charge in [0, 0.05) is 37.4 Å². The van der Waals surface area contributed by atoms with Crippen molar-refractivity contribution in [3.05, 3.63) is 126 Å². The summed E-state index contributed by atoms with van der Waals surface area (Å²) in [5.41, 5.74) is -0.173. The van der Waals surface area contributed by atoms with E-state index in [1.807, 2.05) is 12.1 Å². The first-order valence-corrected chi connectivity index (χ1v) is 9.83. The van der Waals surface area contributed by atoms with Gasteiger partial charge in [-0.05, 0) is 30.7 Å². The minimum atomic E-state index is -0.330. The molecule has 0 atom stereocenters. The lowest BCUT2D eigenvalue weighted by Crippen LogP contribution is -2.39. The van der Waals surface area contributed by atoms with E-state index in [0.717, 1.165) is 0 Å². The monoisotopic (exact) mass is 416 g/mol. The SMILES string of the molecule is O=c1ccc(=O)n(-c2ccccc2)n1CCCn1c(=O)ccc(=O)n1-c1ccccc1. The zero-order chi connectivity index (χ0) is 21.8. The van der Waals surface area contributed by atoms with E-state index in [1.54, 1.807) is 48.5 Å². The minimum Gasteiger partial charge on any atom is -0.268 e. The summed E-state index contributed by atoms with van der Waals surface area (Å²) in [7, 11) is 0. The fraction of sp³-hybridized carbons (Fsp3) is 0.130. The van der Waals surface area contributed by atoms with Crippen molar-refractivity contribution in [1.82, 2.24) is 18.7 Å². The van der Waals surface area contributed by atoms with Gasteiger partial charge in [0.15, 0.2) is 0 Å². The number of hydrogen-bond donors (Lipinski definition) is 0. The predicted molar refractivity (Wildman–Crippen MR) is 117 cm³/mol. The second-order valence-corrected chi connectivity index (χ2v) is 6.91. The van der Waals surface area contributed by atoms with Crippen LogP contribution in [0.2, 0.25) is 0 Å². The van der Waals surface area contributed by atoms with Crippen LogP contribution in [0.25, 0.3) is 11.4 Å². The lowest BCUT2D eigenvalue weighted by atomic mass is 10.3. The quantitative estimate of drug-likeness (QED) is 0.475. The topological polar surface area (TPSA) is 88.0 Å². The van der Waals surface area contributed by atoms with Gasteiger partial charge in [-0.3, -0.25) is 19.2 Å². The number of benzene rings is 2. The van der Waals surface area contributed by atoms with Gasteiger partial charge >= 0.3 is 0 Å². The minimum absolute atomic E-state index is 0.189. The van der Waals surface area contributed by atoms with Gasteiger partial charge in [-0.2, -0.15) is 0 Å². The van der Waals surface area contributed by atoms with Crippen molar-refractivity contribution in [2.45, 2.75) is 19.5 Å². The van der Waals surface area contributed by atoms with Crippen molar-refractivity contribution in [3.63, 3.8) is 0 Å². The molecule has 0 saturated carbocycles. The Morgan fingerprint density at radius 1 is 0.452 bits per heavy atom.